The van der Waals surface area contributed by atoms with Crippen molar-refractivity contribution in [3.8, 4) is 5.75 Å². The van der Waals surface area contributed by atoms with Gasteiger partial charge in [-0.1, -0.05) is 25.0 Å². The molecule has 2 N–H and O–H groups in total. The second kappa shape index (κ2) is 10.4. The molecule has 0 aromatic heterocycles. The largest absolute Gasteiger partial charge is 0.513 e. The number of benzene rings is 2. The normalized spacial score (nSPS) is 13.5. The van der Waals surface area contributed by atoms with Gasteiger partial charge in [-0.3, -0.25) is 9.59 Å². The van der Waals surface area contributed by atoms with Crippen LogP contribution in [0.15, 0.2) is 48.5 Å². The maximum atomic E-state index is 12.4. The van der Waals surface area contributed by atoms with Crippen molar-refractivity contribution in [2.75, 3.05) is 11.9 Å². The zero-order valence-electron chi connectivity index (χ0n) is 17.0. The number of anilines is 1. The molecule has 2 aromatic rings. The standard InChI is InChI=1S/C23H26N2O5/c1-2-29-23(28)30-20-12-10-18(11-13-20)21(26)24-15-16-6-5-9-19(14-16)25-22(27)17-7-3-4-8-17/h5-6,9-14,17H,2-4,7-8,15H2,1H3,(H,24,26)(H,25,27). The number of amides is 2. The summed E-state index contributed by atoms with van der Waals surface area (Å²) >= 11 is 0. The lowest BCUT2D eigenvalue weighted by molar-refractivity contribution is -0.119. The first-order chi connectivity index (χ1) is 14.5. The molecule has 3 rings (SSSR count). The van der Waals surface area contributed by atoms with E-state index < -0.39 is 6.16 Å². The molecule has 0 saturated heterocycles. The van der Waals surface area contributed by atoms with Crippen LogP contribution in [0.1, 0.15) is 48.5 Å². The zero-order valence-corrected chi connectivity index (χ0v) is 17.0. The van der Waals surface area contributed by atoms with Gasteiger partial charge >= 0.3 is 6.16 Å². The molecule has 0 bridgehead atoms. The molecule has 7 nitrogen and oxygen atoms in total. The average Bonchev–Trinajstić information content (AvgIpc) is 3.28. The summed E-state index contributed by atoms with van der Waals surface area (Å²) in [6.45, 7) is 2.24. The number of carbonyl (C=O) groups excluding carboxylic acids is 3. The fourth-order valence-corrected chi connectivity index (χ4v) is 3.39. The van der Waals surface area contributed by atoms with E-state index >= 15 is 0 Å². The van der Waals surface area contributed by atoms with Crippen LogP contribution in [-0.4, -0.2) is 24.6 Å². The number of nitrogens with one attached hydrogen (secondary N) is 2. The summed E-state index contributed by atoms with van der Waals surface area (Å²) in [4.78, 5) is 36.0. The first kappa shape index (κ1) is 21.4. The van der Waals surface area contributed by atoms with Crippen molar-refractivity contribution >= 4 is 23.7 Å². The Bertz CT molecular complexity index is 889. The summed E-state index contributed by atoms with van der Waals surface area (Å²) in [5.41, 5.74) is 2.06. The summed E-state index contributed by atoms with van der Waals surface area (Å²) in [6.07, 6.45) is 3.34. The van der Waals surface area contributed by atoms with E-state index in [0.717, 1.165) is 36.9 Å². The lowest BCUT2D eigenvalue weighted by Crippen LogP contribution is -2.23. The predicted molar refractivity (Wildman–Crippen MR) is 112 cm³/mol. The highest BCUT2D eigenvalue weighted by molar-refractivity contribution is 5.94. The molecule has 1 fully saturated rings. The van der Waals surface area contributed by atoms with Gasteiger partial charge in [0.2, 0.25) is 5.91 Å². The fourth-order valence-electron chi connectivity index (χ4n) is 3.39. The summed E-state index contributed by atoms with van der Waals surface area (Å²) in [5.74, 6) is 0.219. The number of carbonyl (C=O) groups is 3. The Kier molecular flexibility index (Phi) is 7.43. The number of hydrogen-bond donors (Lipinski definition) is 2. The SMILES string of the molecule is CCOC(=O)Oc1ccc(C(=O)NCc2cccc(NC(=O)C3CCCC3)c2)cc1. The molecule has 0 heterocycles. The molecule has 2 amide bonds. The van der Waals surface area contributed by atoms with Crippen molar-refractivity contribution in [1.82, 2.24) is 5.32 Å². The first-order valence-electron chi connectivity index (χ1n) is 10.2. The van der Waals surface area contributed by atoms with Gasteiger partial charge in [-0.15, -0.1) is 0 Å². The monoisotopic (exact) mass is 410 g/mol. The summed E-state index contributed by atoms with van der Waals surface area (Å²) in [6, 6.07) is 13.7. The maximum Gasteiger partial charge on any atom is 0.513 e. The van der Waals surface area contributed by atoms with E-state index in [1.807, 2.05) is 24.3 Å². The van der Waals surface area contributed by atoms with Crippen LogP contribution < -0.4 is 15.4 Å². The molecule has 0 aliphatic heterocycles. The molecule has 0 unspecified atom stereocenters. The molecule has 2 aromatic carbocycles. The molecule has 1 saturated carbocycles. The molecule has 7 heteroatoms. The van der Waals surface area contributed by atoms with Gasteiger partial charge in [0.05, 0.1) is 6.61 Å². The summed E-state index contributed by atoms with van der Waals surface area (Å²) in [5, 5.41) is 5.82. The Hall–Kier alpha value is -3.35. The Labute approximate surface area is 175 Å². The smallest absolute Gasteiger partial charge is 0.434 e. The molecule has 1 aliphatic rings. The van der Waals surface area contributed by atoms with E-state index in [1.54, 1.807) is 19.1 Å². The van der Waals surface area contributed by atoms with E-state index in [2.05, 4.69) is 10.6 Å². The Balaban J connectivity index is 1.51. The van der Waals surface area contributed by atoms with Gasteiger partial charge in [0.15, 0.2) is 0 Å². The minimum atomic E-state index is -0.783. The van der Waals surface area contributed by atoms with Crippen molar-refractivity contribution in [3.63, 3.8) is 0 Å². The molecule has 30 heavy (non-hydrogen) atoms. The second-order valence-electron chi connectivity index (χ2n) is 7.16. The van der Waals surface area contributed by atoms with Gasteiger partial charge in [0.25, 0.3) is 5.91 Å². The molecule has 0 atom stereocenters. The number of hydrogen-bond acceptors (Lipinski definition) is 5. The highest BCUT2D eigenvalue weighted by atomic mass is 16.7. The first-order valence-corrected chi connectivity index (χ1v) is 10.2. The Morgan fingerprint density at radius 1 is 1.03 bits per heavy atom. The topological polar surface area (TPSA) is 93.7 Å². The lowest BCUT2D eigenvalue weighted by atomic mass is 10.1. The van der Waals surface area contributed by atoms with Gasteiger partial charge in [0.1, 0.15) is 5.75 Å². The van der Waals surface area contributed by atoms with Gasteiger partial charge in [-0.05, 0) is 61.7 Å². The van der Waals surface area contributed by atoms with Crippen LogP contribution in [0.5, 0.6) is 5.75 Å². The Morgan fingerprint density at radius 3 is 2.47 bits per heavy atom. The van der Waals surface area contributed by atoms with Crippen LogP contribution >= 0.6 is 0 Å². The lowest BCUT2D eigenvalue weighted by Gasteiger charge is -2.12. The maximum absolute atomic E-state index is 12.4. The summed E-state index contributed by atoms with van der Waals surface area (Å²) in [7, 11) is 0. The second-order valence-corrected chi connectivity index (χ2v) is 7.16. The van der Waals surface area contributed by atoms with Crippen LogP contribution in [0.25, 0.3) is 0 Å². The van der Waals surface area contributed by atoms with E-state index in [0.29, 0.717) is 17.9 Å². The fraction of sp³-hybridized carbons (Fsp3) is 0.348. The molecule has 158 valence electrons. The van der Waals surface area contributed by atoms with E-state index in [1.165, 1.54) is 12.1 Å². The quantitative estimate of drug-likeness (QED) is 0.525. The van der Waals surface area contributed by atoms with Crippen LogP contribution in [0.2, 0.25) is 0 Å². The van der Waals surface area contributed by atoms with Gasteiger partial charge in [-0.2, -0.15) is 0 Å². The third-order valence-electron chi connectivity index (χ3n) is 4.95. The van der Waals surface area contributed by atoms with Gasteiger partial charge in [-0.25, -0.2) is 4.79 Å². The minimum absolute atomic E-state index is 0.0683. The number of rotatable bonds is 7. The molecular formula is C23H26N2O5. The number of ether oxygens (including phenoxy) is 2. The van der Waals surface area contributed by atoms with Gasteiger partial charge in [0, 0.05) is 23.7 Å². The predicted octanol–water partition coefficient (Wildman–Crippen LogP) is 4.28. The molecule has 1 aliphatic carbocycles. The van der Waals surface area contributed by atoms with Crippen molar-refractivity contribution in [1.29, 1.82) is 0 Å². The van der Waals surface area contributed by atoms with Crippen LogP contribution in [0.4, 0.5) is 10.5 Å². The van der Waals surface area contributed by atoms with E-state index in [4.69, 9.17) is 9.47 Å². The van der Waals surface area contributed by atoms with Crippen LogP contribution in [0, 0.1) is 5.92 Å². The average molecular weight is 410 g/mol. The third kappa shape index (κ3) is 6.07. The Morgan fingerprint density at radius 2 is 1.77 bits per heavy atom. The van der Waals surface area contributed by atoms with Crippen molar-refractivity contribution in [2.24, 2.45) is 5.92 Å². The van der Waals surface area contributed by atoms with Crippen molar-refractivity contribution < 1.29 is 23.9 Å². The van der Waals surface area contributed by atoms with Gasteiger partial charge < -0.3 is 20.1 Å². The van der Waals surface area contributed by atoms with Crippen molar-refractivity contribution in [3.05, 3.63) is 59.7 Å². The van der Waals surface area contributed by atoms with E-state index in [-0.39, 0.29) is 24.3 Å². The van der Waals surface area contributed by atoms with Crippen LogP contribution in [0.3, 0.4) is 0 Å². The molecular weight excluding hydrogens is 384 g/mol. The highest BCUT2D eigenvalue weighted by Gasteiger charge is 2.22. The highest BCUT2D eigenvalue weighted by Crippen LogP contribution is 2.26. The molecule has 0 radical (unpaired) electrons. The van der Waals surface area contributed by atoms with Crippen LogP contribution in [-0.2, 0) is 16.1 Å². The van der Waals surface area contributed by atoms with E-state index in [9.17, 15) is 14.4 Å². The minimum Gasteiger partial charge on any atom is -0.434 e. The molecule has 0 spiro atoms. The van der Waals surface area contributed by atoms with Crippen molar-refractivity contribution in [2.45, 2.75) is 39.2 Å². The third-order valence-corrected chi connectivity index (χ3v) is 4.95. The summed E-state index contributed by atoms with van der Waals surface area (Å²) < 4.78 is 9.68. The zero-order chi connectivity index (χ0) is 21.3.